The third kappa shape index (κ3) is 4.98. The van der Waals surface area contributed by atoms with Gasteiger partial charge in [-0.2, -0.15) is 0 Å². The van der Waals surface area contributed by atoms with Crippen molar-refractivity contribution in [3.05, 3.63) is 145 Å². The summed E-state index contributed by atoms with van der Waals surface area (Å²) >= 11 is 0. The summed E-state index contributed by atoms with van der Waals surface area (Å²) in [4.78, 5) is 9.52. The van der Waals surface area contributed by atoms with Gasteiger partial charge in [0.05, 0.1) is 0 Å². The van der Waals surface area contributed by atoms with Crippen LogP contribution in [0, 0.1) is 0 Å². The Labute approximate surface area is 217 Å². The lowest BCUT2D eigenvalue weighted by Crippen LogP contribution is -2.32. The van der Waals surface area contributed by atoms with E-state index in [0.29, 0.717) is 0 Å². The molecule has 1 atom stereocenters. The zero-order chi connectivity index (χ0) is 25.0. The zero-order valence-electron chi connectivity index (χ0n) is 20.7. The number of benzene rings is 5. The SMILES string of the molecule is CC1=NC(c2cccc(-c3cccc(-c4ccccc4)c3)c2)NC(c2ccc(-c3ccccc3)cc2)=N1. The number of nitrogens with one attached hydrogen (secondary N) is 1. The first-order valence-corrected chi connectivity index (χ1v) is 12.5. The molecule has 1 unspecified atom stereocenters. The smallest absolute Gasteiger partial charge is 0.147 e. The van der Waals surface area contributed by atoms with Gasteiger partial charge in [0, 0.05) is 5.56 Å². The fourth-order valence-corrected chi connectivity index (χ4v) is 4.73. The predicted octanol–water partition coefficient (Wildman–Crippen LogP) is 8.15. The molecule has 0 fully saturated rings. The maximum absolute atomic E-state index is 4.81. The molecular formula is C34H27N3. The first-order valence-electron chi connectivity index (χ1n) is 12.5. The van der Waals surface area contributed by atoms with Crippen LogP contribution < -0.4 is 5.32 Å². The molecule has 178 valence electrons. The number of hydrogen-bond acceptors (Lipinski definition) is 3. The van der Waals surface area contributed by atoms with Crippen molar-refractivity contribution in [3.8, 4) is 33.4 Å². The minimum absolute atomic E-state index is 0.196. The largest absolute Gasteiger partial charge is 0.344 e. The molecule has 6 rings (SSSR count). The van der Waals surface area contributed by atoms with Crippen LogP contribution in [0.15, 0.2) is 143 Å². The highest BCUT2D eigenvalue weighted by molar-refractivity contribution is 6.07. The lowest BCUT2D eigenvalue weighted by molar-refractivity contribution is 0.673. The molecule has 0 amide bonds. The van der Waals surface area contributed by atoms with E-state index < -0.39 is 0 Å². The molecular weight excluding hydrogens is 450 g/mol. The van der Waals surface area contributed by atoms with Crippen molar-refractivity contribution in [2.24, 2.45) is 9.98 Å². The van der Waals surface area contributed by atoms with Crippen LogP contribution in [0.5, 0.6) is 0 Å². The summed E-state index contributed by atoms with van der Waals surface area (Å²) in [5.41, 5.74) is 9.33. The number of amidine groups is 2. The molecule has 5 aromatic rings. The Bertz CT molecular complexity index is 1580. The summed E-state index contributed by atoms with van der Waals surface area (Å²) < 4.78 is 0. The highest BCUT2D eigenvalue weighted by Gasteiger charge is 2.19. The van der Waals surface area contributed by atoms with Gasteiger partial charge in [-0.15, -0.1) is 0 Å². The standard InChI is InChI=1S/C34H27N3/c1-24-35-33(28-20-18-27(19-21-28)25-10-4-2-5-11-25)37-34(36-24)32-17-9-16-31(23-32)30-15-8-14-29(22-30)26-12-6-3-7-13-26/h2-23,34H,1H3,(H,35,36,37). The fourth-order valence-electron chi connectivity index (χ4n) is 4.73. The van der Waals surface area contributed by atoms with Crippen molar-refractivity contribution < 1.29 is 0 Å². The lowest BCUT2D eigenvalue weighted by Gasteiger charge is -2.23. The van der Waals surface area contributed by atoms with Gasteiger partial charge in [0.25, 0.3) is 0 Å². The molecule has 1 heterocycles. The minimum Gasteiger partial charge on any atom is -0.344 e. The van der Waals surface area contributed by atoms with Crippen LogP contribution in [0.3, 0.4) is 0 Å². The maximum Gasteiger partial charge on any atom is 0.147 e. The molecule has 3 heteroatoms. The minimum atomic E-state index is -0.196. The summed E-state index contributed by atoms with van der Waals surface area (Å²) in [5.74, 6) is 1.61. The van der Waals surface area contributed by atoms with Crippen molar-refractivity contribution >= 4 is 11.7 Å². The summed E-state index contributed by atoms with van der Waals surface area (Å²) in [6.45, 7) is 1.96. The molecule has 0 aliphatic carbocycles. The number of aliphatic imine (C=N–C) groups is 2. The molecule has 0 aromatic heterocycles. The topological polar surface area (TPSA) is 36.8 Å². The maximum atomic E-state index is 4.81. The van der Waals surface area contributed by atoms with Gasteiger partial charge in [0.2, 0.25) is 0 Å². The summed E-state index contributed by atoms with van der Waals surface area (Å²) in [6.07, 6.45) is -0.196. The van der Waals surface area contributed by atoms with Crippen LogP contribution in [-0.4, -0.2) is 11.7 Å². The van der Waals surface area contributed by atoms with Crippen molar-refractivity contribution in [2.75, 3.05) is 0 Å². The summed E-state index contributed by atoms with van der Waals surface area (Å²) in [6, 6.07) is 46.7. The van der Waals surface area contributed by atoms with Crippen LogP contribution in [0.1, 0.15) is 24.2 Å². The highest BCUT2D eigenvalue weighted by Crippen LogP contribution is 2.29. The summed E-state index contributed by atoms with van der Waals surface area (Å²) in [7, 11) is 0. The van der Waals surface area contributed by atoms with Crippen LogP contribution >= 0.6 is 0 Å². The molecule has 37 heavy (non-hydrogen) atoms. The molecule has 0 saturated carbocycles. The Morgan fingerprint density at radius 1 is 0.486 bits per heavy atom. The van der Waals surface area contributed by atoms with Crippen LogP contribution in [0.2, 0.25) is 0 Å². The van der Waals surface area contributed by atoms with E-state index in [1.165, 1.54) is 33.4 Å². The number of nitrogens with zero attached hydrogens (tertiary/aromatic N) is 2. The van der Waals surface area contributed by atoms with E-state index in [0.717, 1.165) is 22.8 Å². The lowest BCUT2D eigenvalue weighted by atomic mass is 9.97. The van der Waals surface area contributed by atoms with E-state index in [2.05, 4.69) is 127 Å². The van der Waals surface area contributed by atoms with Gasteiger partial charge >= 0.3 is 0 Å². The van der Waals surface area contributed by atoms with E-state index >= 15 is 0 Å². The second-order valence-corrected chi connectivity index (χ2v) is 9.20. The molecule has 5 aromatic carbocycles. The molecule has 3 nitrogen and oxygen atoms in total. The average molecular weight is 478 g/mol. The van der Waals surface area contributed by atoms with Gasteiger partial charge in [-0.1, -0.05) is 121 Å². The van der Waals surface area contributed by atoms with E-state index in [4.69, 9.17) is 9.98 Å². The molecule has 1 N–H and O–H groups in total. The van der Waals surface area contributed by atoms with Gasteiger partial charge in [-0.3, -0.25) is 0 Å². The van der Waals surface area contributed by atoms with Crippen molar-refractivity contribution in [3.63, 3.8) is 0 Å². The Morgan fingerprint density at radius 2 is 0.973 bits per heavy atom. The first-order chi connectivity index (χ1) is 18.2. The molecule has 1 aliphatic heterocycles. The third-order valence-electron chi connectivity index (χ3n) is 6.63. The second-order valence-electron chi connectivity index (χ2n) is 9.20. The Kier molecular flexibility index (Phi) is 6.18. The van der Waals surface area contributed by atoms with Gasteiger partial charge in [0.15, 0.2) is 0 Å². The number of rotatable bonds is 5. The zero-order valence-corrected chi connectivity index (χ0v) is 20.7. The highest BCUT2D eigenvalue weighted by atomic mass is 15.2. The second kappa shape index (κ2) is 10.1. The summed E-state index contributed by atoms with van der Waals surface area (Å²) in [5, 5.41) is 3.55. The van der Waals surface area contributed by atoms with Crippen LogP contribution in [0.4, 0.5) is 0 Å². The normalized spacial score (nSPS) is 14.9. The quantitative estimate of drug-likeness (QED) is 0.272. The van der Waals surface area contributed by atoms with E-state index in [1.807, 2.05) is 19.1 Å². The van der Waals surface area contributed by atoms with Crippen molar-refractivity contribution in [1.29, 1.82) is 0 Å². The first kappa shape index (κ1) is 22.7. The fraction of sp³-hybridized carbons (Fsp3) is 0.0588. The van der Waals surface area contributed by atoms with E-state index in [1.54, 1.807) is 0 Å². The van der Waals surface area contributed by atoms with Crippen LogP contribution in [-0.2, 0) is 0 Å². The van der Waals surface area contributed by atoms with Gasteiger partial charge in [-0.05, 0) is 58.0 Å². The van der Waals surface area contributed by atoms with E-state index in [-0.39, 0.29) is 6.17 Å². The monoisotopic (exact) mass is 477 g/mol. The van der Waals surface area contributed by atoms with Gasteiger partial charge in [0.1, 0.15) is 17.8 Å². The molecule has 0 radical (unpaired) electrons. The van der Waals surface area contributed by atoms with Crippen molar-refractivity contribution in [1.82, 2.24) is 5.32 Å². The molecule has 0 saturated heterocycles. The Balaban J connectivity index is 1.26. The Morgan fingerprint density at radius 3 is 1.65 bits per heavy atom. The molecule has 0 spiro atoms. The van der Waals surface area contributed by atoms with Gasteiger partial charge < -0.3 is 5.32 Å². The average Bonchev–Trinajstić information content (AvgIpc) is 2.98. The van der Waals surface area contributed by atoms with Crippen molar-refractivity contribution in [2.45, 2.75) is 13.1 Å². The van der Waals surface area contributed by atoms with E-state index in [9.17, 15) is 0 Å². The van der Waals surface area contributed by atoms with Gasteiger partial charge in [-0.25, -0.2) is 9.98 Å². The molecule has 0 bridgehead atoms. The molecule has 1 aliphatic rings. The number of hydrogen-bond donors (Lipinski definition) is 1. The predicted molar refractivity (Wildman–Crippen MR) is 155 cm³/mol. The Hall–Kier alpha value is -4.76. The van der Waals surface area contributed by atoms with Crippen LogP contribution in [0.25, 0.3) is 33.4 Å². The third-order valence-corrected chi connectivity index (χ3v) is 6.63.